The molecule has 1 N–H and O–H groups in total. The first-order valence-corrected chi connectivity index (χ1v) is 9.07. The van der Waals surface area contributed by atoms with Crippen molar-refractivity contribution in [1.29, 1.82) is 0 Å². The Morgan fingerprint density at radius 1 is 1.10 bits per heavy atom. The maximum absolute atomic E-state index is 12.9. The first kappa shape index (κ1) is 20.6. The number of ether oxygens (including phenoxy) is 2. The minimum Gasteiger partial charge on any atom is -0.437 e. The van der Waals surface area contributed by atoms with E-state index in [9.17, 15) is 18.0 Å². The van der Waals surface area contributed by atoms with Crippen LogP contribution in [0.25, 0.3) is 33.8 Å². The van der Waals surface area contributed by atoms with Crippen LogP contribution >= 0.6 is 11.6 Å². The van der Waals surface area contributed by atoms with Gasteiger partial charge in [-0.1, -0.05) is 11.6 Å². The van der Waals surface area contributed by atoms with Crippen LogP contribution in [0.15, 0.2) is 48.8 Å². The van der Waals surface area contributed by atoms with Crippen LogP contribution in [0.4, 0.5) is 18.0 Å². The standard InChI is InChI=1S/C20H12ClF3N4O3/c1-30-19(29)31-12-7-13(21)17(26-9-12)10-2-4-15(25-8-10)18-27-14-5-3-11(20(22,23)24)6-16(14)28-18/h2-9H,1H3,(H,27,28). The van der Waals surface area contributed by atoms with Gasteiger partial charge in [-0.25, -0.2) is 9.78 Å². The first-order valence-electron chi connectivity index (χ1n) is 8.69. The molecule has 3 aromatic heterocycles. The molecule has 0 atom stereocenters. The Labute approximate surface area is 177 Å². The van der Waals surface area contributed by atoms with Crippen molar-refractivity contribution in [2.75, 3.05) is 7.11 Å². The van der Waals surface area contributed by atoms with E-state index in [1.807, 2.05) is 0 Å². The van der Waals surface area contributed by atoms with E-state index in [0.717, 1.165) is 12.1 Å². The van der Waals surface area contributed by atoms with Gasteiger partial charge >= 0.3 is 12.3 Å². The number of pyridine rings is 2. The summed E-state index contributed by atoms with van der Waals surface area (Å²) < 4.78 is 48.0. The molecule has 31 heavy (non-hydrogen) atoms. The topological polar surface area (TPSA) is 90.0 Å². The number of carbonyl (C=O) groups is 1. The number of benzene rings is 1. The summed E-state index contributed by atoms with van der Waals surface area (Å²) in [5.74, 6) is 0.437. The van der Waals surface area contributed by atoms with Crippen LogP contribution in [-0.2, 0) is 10.9 Å². The fourth-order valence-corrected chi connectivity index (χ4v) is 3.07. The third-order valence-corrected chi connectivity index (χ3v) is 4.56. The third kappa shape index (κ3) is 4.29. The highest BCUT2D eigenvalue weighted by atomic mass is 35.5. The van der Waals surface area contributed by atoms with Crippen molar-refractivity contribution in [1.82, 2.24) is 19.9 Å². The average molecular weight is 449 g/mol. The molecule has 0 aliphatic heterocycles. The second-order valence-electron chi connectivity index (χ2n) is 6.30. The first-order chi connectivity index (χ1) is 14.7. The molecule has 1 aromatic carbocycles. The van der Waals surface area contributed by atoms with E-state index in [-0.39, 0.29) is 16.3 Å². The number of halogens is 4. The number of hydrogen-bond acceptors (Lipinski definition) is 6. The fraction of sp³-hybridized carbons (Fsp3) is 0.100. The van der Waals surface area contributed by atoms with Crippen molar-refractivity contribution in [2.24, 2.45) is 0 Å². The van der Waals surface area contributed by atoms with Crippen molar-refractivity contribution in [3.05, 3.63) is 59.4 Å². The zero-order chi connectivity index (χ0) is 22.2. The molecule has 0 saturated carbocycles. The number of alkyl halides is 3. The van der Waals surface area contributed by atoms with Gasteiger partial charge in [0.05, 0.1) is 40.6 Å². The number of aromatic amines is 1. The molecule has 0 saturated heterocycles. The maximum Gasteiger partial charge on any atom is 0.513 e. The highest BCUT2D eigenvalue weighted by molar-refractivity contribution is 6.33. The van der Waals surface area contributed by atoms with Gasteiger partial charge in [0.25, 0.3) is 0 Å². The van der Waals surface area contributed by atoms with Crippen molar-refractivity contribution in [3.8, 4) is 28.5 Å². The summed E-state index contributed by atoms with van der Waals surface area (Å²) in [5, 5.41) is 0.222. The Balaban J connectivity index is 1.60. The second kappa shape index (κ2) is 7.88. The molecule has 0 unspecified atom stereocenters. The minimum atomic E-state index is -4.44. The average Bonchev–Trinajstić information content (AvgIpc) is 3.17. The minimum absolute atomic E-state index is 0.116. The van der Waals surface area contributed by atoms with Crippen LogP contribution in [0, 0.1) is 0 Å². The van der Waals surface area contributed by atoms with E-state index < -0.39 is 17.9 Å². The number of imidazole rings is 1. The highest BCUT2D eigenvalue weighted by Gasteiger charge is 2.30. The summed E-state index contributed by atoms with van der Waals surface area (Å²) in [5.41, 5.74) is 1.28. The maximum atomic E-state index is 12.9. The number of methoxy groups -OCH3 is 1. The number of carbonyl (C=O) groups excluding carboxylic acids is 1. The zero-order valence-electron chi connectivity index (χ0n) is 15.7. The molecule has 0 amide bonds. The summed E-state index contributed by atoms with van der Waals surface area (Å²) in [6.07, 6.45) is -2.53. The summed E-state index contributed by atoms with van der Waals surface area (Å²) in [4.78, 5) is 26.8. The van der Waals surface area contributed by atoms with Crippen molar-refractivity contribution < 1.29 is 27.4 Å². The van der Waals surface area contributed by atoms with Gasteiger partial charge in [-0.2, -0.15) is 13.2 Å². The van der Waals surface area contributed by atoms with Crippen LogP contribution in [0.3, 0.4) is 0 Å². The molecule has 4 rings (SSSR count). The summed E-state index contributed by atoms with van der Waals surface area (Å²) in [7, 11) is 1.18. The van der Waals surface area contributed by atoms with Gasteiger partial charge in [0.15, 0.2) is 11.6 Å². The largest absolute Gasteiger partial charge is 0.513 e. The second-order valence-corrected chi connectivity index (χ2v) is 6.71. The van der Waals surface area contributed by atoms with E-state index in [4.69, 9.17) is 16.3 Å². The van der Waals surface area contributed by atoms with E-state index >= 15 is 0 Å². The lowest BCUT2D eigenvalue weighted by Crippen LogP contribution is -2.07. The van der Waals surface area contributed by atoms with Gasteiger partial charge in [-0.05, 0) is 30.3 Å². The Bertz CT molecular complexity index is 1270. The van der Waals surface area contributed by atoms with Crippen LogP contribution in [0.5, 0.6) is 5.75 Å². The van der Waals surface area contributed by atoms with Crippen molar-refractivity contribution in [3.63, 3.8) is 0 Å². The summed E-state index contributed by atoms with van der Waals surface area (Å²) in [6, 6.07) is 8.01. The smallest absolute Gasteiger partial charge is 0.437 e. The van der Waals surface area contributed by atoms with Crippen LogP contribution in [-0.4, -0.2) is 33.2 Å². The molecule has 4 aromatic rings. The van der Waals surface area contributed by atoms with Gasteiger partial charge in [-0.15, -0.1) is 0 Å². The lowest BCUT2D eigenvalue weighted by Gasteiger charge is -2.07. The fourth-order valence-electron chi connectivity index (χ4n) is 2.81. The Kier molecular flexibility index (Phi) is 5.24. The van der Waals surface area contributed by atoms with E-state index in [0.29, 0.717) is 28.3 Å². The van der Waals surface area contributed by atoms with Crippen LogP contribution < -0.4 is 4.74 Å². The predicted molar refractivity (Wildman–Crippen MR) is 106 cm³/mol. The normalized spacial score (nSPS) is 11.5. The van der Waals surface area contributed by atoms with Crippen molar-refractivity contribution in [2.45, 2.75) is 6.18 Å². The predicted octanol–water partition coefficient (Wildman–Crippen LogP) is 5.50. The molecule has 0 aliphatic carbocycles. The number of H-pyrrole nitrogens is 1. The molecule has 11 heteroatoms. The molecule has 0 aliphatic rings. The third-order valence-electron chi connectivity index (χ3n) is 4.27. The Morgan fingerprint density at radius 2 is 1.90 bits per heavy atom. The number of nitrogens with zero attached hydrogens (tertiary/aromatic N) is 3. The molecule has 0 spiro atoms. The van der Waals surface area contributed by atoms with Gasteiger partial charge in [0.2, 0.25) is 0 Å². The number of hydrogen-bond donors (Lipinski definition) is 1. The van der Waals surface area contributed by atoms with E-state index in [1.165, 1.54) is 31.6 Å². The van der Waals surface area contributed by atoms with Gasteiger partial charge < -0.3 is 14.5 Å². The molecule has 0 radical (unpaired) electrons. The summed E-state index contributed by atoms with van der Waals surface area (Å²) >= 11 is 6.22. The number of nitrogens with one attached hydrogen (secondary N) is 1. The summed E-state index contributed by atoms with van der Waals surface area (Å²) in [6.45, 7) is 0. The van der Waals surface area contributed by atoms with Crippen LogP contribution in [0.1, 0.15) is 5.56 Å². The Morgan fingerprint density at radius 3 is 2.55 bits per heavy atom. The van der Waals surface area contributed by atoms with Crippen molar-refractivity contribution >= 4 is 28.8 Å². The van der Waals surface area contributed by atoms with Gasteiger partial charge in [0.1, 0.15) is 5.69 Å². The Hall–Kier alpha value is -3.66. The molecular weight excluding hydrogens is 437 g/mol. The monoisotopic (exact) mass is 448 g/mol. The van der Waals surface area contributed by atoms with Gasteiger partial charge in [-0.3, -0.25) is 9.97 Å². The lowest BCUT2D eigenvalue weighted by atomic mass is 10.1. The molecule has 0 bridgehead atoms. The van der Waals surface area contributed by atoms with E-state index in [1.54, 1.807) is 12.1 Å². The molecule has 7 nitrogen and oxygen atoms in total. The molecule has 158 valence electrons. The number of rotatable bonds is 3. The van der Waals surface area contributed by atoms with E-state index in [2.05, 4.69) is 24.7 Å². The van der Waals surface area contributed by atoms with Gasteiger partial charge in [0, 0.05) is 17.8 Å². The molecular formula is C20H12ClF3N4O3. The van der Waals surface area contributed by atoms with Crippen LogP contribution in [0.2, 0.25) is 5.02 Å². The number of aromatic nitrogens is 4. The number of fused-ring (bicyclic) bond motifs is 1. The lowest BCUT2D eigenvalue weighted by molar-refractivity contribution is -0.137. The zero-order valence-corrected chi connectivity index (χ0v) is 16.5. The molecule has 3 heterocycles. The SMILES string of the molecule is COC(=O)Oc1cnc(-c2ccc(-c3nc4ccc(C(F)(F)F)cc4[nH]3)nc2)c(Cl)c1. The molecule has 0 fully saturated rings. The highest BCUT2D eigenvalue weighted by Crippen LogP contribution is 2.32. The quantitative estimate of drug-likeness (QED) is 0.416.